The third-order valence-corrected chi connectivity index (χ3v) is 6.12. The summed E-state index contributed by atoms with van der Waals surface area (Å²) in [6.07, 6.45) is 0. The van der Waals surface area contributed by atoms with E-state index < -0.39 is 8.07 Å². The fourth-order valence-corrected chi connectivity index (χ4v) is 3.64. The van der Waals surface area contributed by atoms with Gasteiger partial charge in [-0.25, -0.2) is 0 Å². The monoisotopic (exact) mass is 353 g/mol. The van der Waals surface area contributed by atoms with Gasteiger partial charge in [0.25, 0.3) is 0 Å². The second kappa shape index (κ2) is 7.46. The van der Waals surface area contributed by atoms with Crippen LogP contribution < -0.4 is 4.74 Å². The first kappa shape index (κ1) is 17.8. The number of hydrogen-bond acceptors (Lipinski definition) is 2. The van der Waals surface area contributed by atoms with Gasteiger partial charge in [-0.15, -0.1) is 0 Å². The fourth-order valence-electron chi connectivity index (χ4n) is 2.88. The number of nitrogens with zero attached hydrogens (tertiary/aromatic N) is 1. The molecule has 2 aromatic carbocycles. The lowest BCUT2D eigenvalue weighted by atomic mass is 10.1. The summed E-state index contributed by atoms with van der Waals surface area (Å²) in [5.74, 6) is 0.873. The molecular weight excluding hydrogens is 326 g/mol. The Kier molecular flexibility index (Phi) is 5.30. The highest BCUT2D eigenvalue weighted by atomic mass is 28.3. The van der Waals surface area contributed by atoms with Crippen LogP contribution >= 0.6 is 0 Å². The molecule has 0 aliphatic heterocycles. The quantitative estimate of drug-likeness (QED) is 0.406. The summed E-state index contributed by atoms with van der Waals surface area (Å²) in [6.45, 7) is 8.54. The van der Waals surface area contributed by atoms with Crippen molar-refractivity contribution in [3.63, 3.8) is 0 Å². The Hall–Kier alpha value is -2.04. The molecule has 0 radical (unpaired) electrons. The minimum atomic E-state index is -1.07. The van der Waals surface area contributed by atoms with Gasteiger partial charge in [0.1, 0.15) is 12.5 Å². The van der Waals surface area contributed by atoms with Crippen molar-refractivity contribution in [2.24, 2.45) is 0 Å². The second-order valence-electron chi connectivity index (χ2n) is 7.59. The predicted molar refractivity (Wildman–Crippen MR) is 108 cm³/mol. The highest BCUT2D eigenvalue weighted by Crippen LogP contribution is 2.29. The van der Waals surface area contributed by atoms with E-state index in [4.69, 9.17) is 9.47 Å². The van der Waals surface area contributed by atoms with Gasteiger partial charge in [0.05, 0.1) is 18.3 Å². The van der Waals surface area contributed by atoms with Gasteiger partial charge < -0.3 is 14.0 Å². The van der Waals surface area contributed by atoms with E-state index in [9.17, 15) is 0 Å². The SMILES string of the molecule is COc1ccc(-c2cc3ccccc3n2COCC[Si](C)(C)C)cc1. The lowest BCUT2D eigenvalue weighted by Crippen LogP contribution is -2.22. The van der Waals surface area contributed by atoms with Gasteiger partial charge in [0.2, 0.25) is 0 Å². The predicted octanol–water partition coefficient (Wildman–Crippen LogP) is 5.63. The summed E-state index contributed by atoms with van der Waals surface area (Å²) in [4.78, 5) is 0. The Morgan fingerprint density at radius 3 is 2.36 bits per heavy atom. The zero-order chi connectivity index (χ0) is 17.9. The molecule has 0 saturated heterocycles. The first-order valence-electron chi connectivity index (χ1n) is 8.78. The number of aromatic nitrogens is 1. The maximum Gasteiger partial charge on any atom is 0.123 e. The Bertz CT molecular complexity index is 831. The number of fused-ring (bicyclic) bond motifs is 1. The molecule has 0 atom stereocenters. The van der Waals surface area contributed by atoms with E-state index in [1.54, 1.807) is 7.11 Å². The van der Waals surface area contributed by atoms with E-state index in [-0.39, 0.29) is 0 Å². The summed E-state index contributed by atoms with van der Waals surface area (Å²) in [5, 5.41) is 1.24. The van der Waals surface area contributed by atoms with Crippen molar-refractivity contribution in [1.29, 1.82) is 0 Å². The summed E-state index contributed by atoms with van der Waals surface area (Å²) in [6, 6.07) is 20.1. The molecule has 0 unspecified atom stereocenters. The van der Waals surface area contributed by atoms with Gasteiger partial charge >= 0.3 is 0 Å². The molecule has 3 aromatic rings. The molecule has 0 saturated carbocycles. The van der Waals surface area contributed by atoms with Crippen molar-refractivity contribution in [2.45, 2.75) is 32.4 Å². The summed E-state index contributed by atoms with van der Waals surface area (Å²) >= 11 is 0. The standard InChI is InChI=1S/C21H27NO2Si/c1-23-19-11-9-17(10-12-19)21-15-18-7-5-6-8-20(18)22(21)16-24-13-14-25(2,3)4/h5-12,15H,13-14,16H2,1-4H3. The zero-order valence-electron chi connectivity index (χ0n) is 15.6. The van der Waals surface area contributed by atoms with Gasteiger partial charge in [0.15, 0.2) is 0 Å². The molecule has 0 N–H and O–H groups in total. The molecule has 0 aliphatic rings. The van der Waals surface area contributed by atoms with Crippen LogP contribution in [0.5, 0.6) is 5.75 Å². The summed E-state index contributed by atoms with van der Waals surface area (Å²) in [5.41, 5.74) is 3.56. The maximum atomic E-state index is 6.04. The molecular formula is C21H27NO2Si. The van der Waals surface area contributed by atoms with Crippen LogP contribution in [0.3, 0.4) is 0 Å². The van der Waals surface area contributed by atoms with Gasteiger partial charge in [-0.2, -0.15) is 0 Å². The number of para-hydroxylation sites is 1. The maximum absolute atomic E-state index is 6.04. The molecule has 0 fully saturated rings. The van der Waals surface area contributed by atoms with Crippen molar-refractivity contribution in [1.82, 2.24) is 4.57 Å². The van der Waals surface area contributed by atoms with Crippen molar-refractivity contribution in [3.05, 3.63) is 54.6 Å². The van der Waals surface area contributed by atoms with Crippen LogP contribution in [0.2, 0.25) is 25.7 Å². The largest absolute Gasteiger partial charge is 0.497 e. The molecule has 0 aliphatic carbocycles. The first-order valence-corrected chi connectivity index (χ1v) is 12.5. The Morgan fingerprint density at radius 1 is 0.960 bits per heavy atom. The Morgan fingerprint density at radius 2 is 1.68 bits per heavy atom. The molecule has 1 aromatic heterocycles. The molecule has 25 heavy (non-hydrogen) atoms. The summed E-state index contributed by atoms with van der Waals surface area (Å²) < 4.78 is 13.6. The van der Waals surface area contributed by atoms with Crippen molar-refractivity contribution >= 4 is 19.0 Å². The van der Waals surface area contributed by atoms with Crippen molar-refractivity contribution in [3.8, 4) is 17.0 Å². The van der Waals surface area contributed by atoms with Crippen LogP contribution in [0, 0.1) is 0 Å². The Balaban J connectivity index is 1.89. The van der Waals surface area contributed by atoms with Crippen LogP contribution in [0.1, 0.15) is 0 Å². The number of rotatable bonds is 7. The second-order valence-corrected chi connectivity index (χ2v) is 13.2. The van der Waals surface area contributed by atoms with E-state index in [2.05, 4.69) is 66.7 Å². The number of hydrogen-bond donors (Lipinski definition) is 0. The molecule has 4 heteroatoms. The van der Waals surface area contributed by atoms with E-state index in [1.807, 2.05) is 12.1 Å². The molecule has 1 heterocycles. The van der Waals surface area contributed by atoms with Crippen LogP contribution in [-0.4, -0.2) is 26.4 Å². The van der Waals surface area contributed by atoms with E-state index in [0.29, 0.717) is 6.73 Å². The third-order valence-electron chi connectivity index (χ3n) is 4.41. The minimum absolute atomic E-state index is 0.583. The first-order chi connectivity index (χ1) is 12.0. The lowest BCUT2D eigenvalue weighted by molar-refractivity contribution is 0.0913. The molecule has 132 valence electrons. The zero-order valence-corrected chi connectivity index (χ0v) is 16.6. The van der Waals surface area contributed by atoms with Gasteiger partial charge in [0, 0.05) is 20.1 Å². The van der Waals surface area contributed by atoms with Gasteiger partial charge in [-0.05, 0) is 48.0 Å². The summed E-state index contributed by atoms with van der Waals surface area (Å²) in [7, 11) is 0.624. The van der Waals surface area contributed by atoms with Crippen LogP contribution in [0.4, 0.5) is 0 Å². The normalized spacial score (nSPS) is 11.8. The van der Waals surface area contributed by atoms with Crippen molar-refractivity contribution < 1.29 is 9.47 Å². The molecule has 3 rings (SSSR count). The fraction of sp³-hybridized carbons (Fsp3) is 0.333. The van der Waals surface area contributed by atoms with E-state index in [0.717, 1.165) is 12.4 Å². The van der Waals surface area contributed by atoms with E-state index in [1.165, 1.54) is 28.2 Å². The smallest absolute Gasteiger partial charge is 0.123 e. The molecule has 3 nitrogen and oxygen atoms in total. The van der Waals surface area contributed by atoms with Gasteiger partial charge in [-0.1, -0.05) is 37.8 Å². The van der Waals surface area contributed by atoms with Gasteiger partial charge in [-0.3, -0.25) is 0 Å². The number of ether oxygens (including phenoxy) is 2. The highest BCUT2D eigenvalue weighted by Gasteiger charge is 2.14. The van der Waals surface area contributed by atoms with Crippen LogP contribution in [0.15, 0.2) is 54.6 Å². The highest BCUT2D eigenvalue weighted by molar-refractivity contribution is 6.76. The average Bonchev–Trinajstić information content (AvgIpc) is 2.97. The number of methoxy groups -OCH3 is 1. The van der Waals surface area contributed by atoms with Crippen LogP contribution in [0.25, 0.3) is 22.2 Å². The Labute approximate surface area is 151 Å². The number of benzene rings is 2. The average molecular weight is 354 g/mol. The van der Waals surface area contributed by atoms with E-state index >= 15 is 0 Å². The van der Waals surface area contributed by atoms with Crippen molar-refractivity contribution in [2.75, 3.05) is 13.7 Å². The molecule has 0 amide bonds. The third kappa shape index (κ3) is 4.33. The topological polar surface area (TPSA) is 23.4 Å². The van der Waals surface area contributed by atoms with Crippen LogP contribution in [-0.2, 0) is 11.5 Å². The lowest BCUT2D eigenvalue weighted by Gasteiger charge is -2.17. The molecule has 0 spiro atoms. The minimum Gasteiger partial charge on any atom is -0.497 e. The molecule has 0 bridgehead atoms.